The minimum Gasteiger partial charge on any atom is -0.478 e. The molecule has 35 heavy (non-hydrogen) atoms. The van der Waals surface area contributed by atoms with Crippen LogP contribution in [0.1, 0.15) is 16.8 Å². The number of pyridine rings is 1. The average Bonchev–Trinajstić information content (AvgIpc) is 2.83. The number of aromatic carboxylic acids is 1. The van der Waals surface area contributed by atoms with Crippen LogP contribution in [0.25, 0.3) is 10.9 Å². The quantitative estimate of drug-likeness (QED) is 0.506. The van der Waals surface area contributed by atoms with Crippen molar-refractivity contribution < 1.29 is 27.1 Å². The van der Waals surface area contributed by atoms with Crippen molar-refractivity contribution in [1.82, 2.24) is 9.88 Å². The van der Waals surface area contributed by atoms with Crippen LogP contribution in [0.4, 0.5) is 20.3 Å². The van der Waals surface area contributed by atoms with Crippen molar-refractivity contribution in [2.45, 2.75) is 11.3 Å². The number of hydrogen-bond donors (Lipinski definition) is 2. The third kappa shape index (κ3) is 5.31. The Kier molecular flexibility index (Phi) is 6.81. The molecule has 0 atom stereocenters. The van der Waals surface area contributed by atoms with E-state index in [1.54, 1.807) is 0 Å². The van der Waals surface area contributed by atoms with Crippen molar-refractivity contribution in [1.29, 1.82) is 5.26 Å². The van der Waals surface area contributed by atoms with Crippen molar-refractivity contribution in [3.63, 3.8) is 0 Å². The number of carboxylic acid groups (broad SMARTS) is 1. The van der Waals surface area contributed by atoms with Gasteiger partial charge in [-0.2, -0.15) is 5.26 Å². The molecule has 182 valence electrons. The topological polar surface area (TPSA) is 127 Å². The van der Waals surface area contributed by atoms with E-state index in [0.717, 1.165) is 6.07 Å². The number of sulfonamides is 1. The molecule has 1 aliphatic heterocycles. The Hall–Kier alpha value is -3.82. The number of fused-ring (bicyclic) bond motifs is 1. The van der Waals surface area contributed by atoms with Gasteiger partial charge in [0.2, 0.25) is 0 Å². The number of rotatable bonds is 7. The Labute approximate surface area is 200 Å². The second kappa shape index (κ2) is 9.81. The van der Waals surface area contributed by atoms with Gasteiger partial charge in [0.15, 0.2) is 0 Å². The van der Waals surface area contributed by atoms with Gasteiger partial charge in [-0.3, -0.25) is 9.62 Å². The second-order valence-electron chi connectivity index (χ2n) is 7.98. The van der Waals surface area contributed by atoms with Gasteiger partial charge in [-0.05, 0) is 42.5 Å². The molecule has 0 spiro atoms. The molecule has 9 nitrogen and oxygen atoms in total. The number of nitrogens with zero attached hydrogens (tertiary/aromatic N) is 4. The summed E-state index contributed by atoms with van der Waals surface area (Å²) in [7, 11) is -4.47. The van der Waals surface area contributed by atoms with E-state index in [4.69, 9.17) is 5.26 Å². The van der Waals surface area contributed by atoms with Crippen molar-refractivity contribution in [3.8, 4) is 6.07 Å². The third-order valence-corrected chi connectivity index (χ3v) is 7.09. The molecule has 0 radical (unpaired) electrons. The van der Waals surface area contributed by atoms with Gasteiger partial charge in [0.05, 0.1) is 17.1 Å². The number of piperazine rings is 1. The Morgan fingerprint density at radius 2 is 1.86 bits per heavy atom. The first-order valence-electron chi connectivity index (χ1n) is 10.7. The number of carbonyl (C=O) groups is 1. The maximum Gasteiger partial charge on any atom is 0.336 e. The van der Waals surface area contributed by atoms with Crippen LogP contribution in [0, 0.1) is 23.0 Å². The summed E-state index contributed by atoms with van der Waals surface area (Å²) < 4.78 is 54.9. The number of halogens is 2. The third-order valence-electron chi connectivity index (χ3n) is 5.70. The summed E-state index contributed by atoms with van der Waals surface area (Å²) in [5.74, 6) is -2.78. The highest BCUT2D eigenvalue weighted by molar-refractivity contribution is 7.92. The van der Waals surface area contributed by atoms with E-state index in [9.17, 15) is 27.1 Å². The van der Waals surface area contributed by atoms with Crippen LogP contribution in [0.5, 0.6) is 0 Å². The van der Waals surface area contributed by atoms with Crippen LogP contribution in [-0.4, -0.2) is 62.1 Å². The molecule has 2 aromatic carbocycles. The first kappa shape index (κ1) is 24.3. The fourth-order valence-electron chi connectivity index (χ4n) is 3.92. The number of aromatic nitrogens is 1. The first-order chi connectivity index (χ1) is 16.7. The molecule has 12 heteroatoms. The summed E-state index contributed by atoms with van der Waals surface area (Å²) in [5.41, 5.74) is 0.242. The molecule has 1 fully saturated rings. The van der Waals surface area contributed by atoms with Crippen molar-refractivity contribution in [2.24, 2.45) is 0 Å². The highest BCUT2D eigenvalue weighted by Gasteiger charge is 2.23. The largest absolute Gasteiger partial charge is 0.478 e. The normalized spacial score (nSPS) is 14.6. The van der Waals surface area contributed by atoms with Crippen molar-refractivity contribution in [2.75, 3.05) is 42.3 Å². The molecule has 0 saturated carbocycles. The van der Waals surface area contributed by atoms with Gasteiger partial charge in [0.1, 0.15) is 22.3 Å². The van der Waals surface area contributed by atoms with E-state index >= 15 is 0 Å². The first-order valence-corrected chi connectivity index (χ1v) is 12.2. The lowest BCUT2D eigenvalue weighted by molar-refractivity contribution is 0.0699. The summed E-state index contributed by atoms with van der Waals surface area (Å²) in [6.45, 7) is 3.32. The molecule has 4 rings (SSSR count). The van der Waals surface area contributed by atoms with Crippen LogP contribution in [-0.2, 0) is 10.0 Å². The summed E-state index contributed by atoms with van der Waals surface area (Å²) in [6.07, 6.45) is 0.440. The standard InChI is InChI=1S/C23H21F2N5O4S/c24-15-2-4-19(25)21(12-15)35(33,34)28-16-3-5-20-17(13-16)18(23(31)32)14-22(27-20)30-10-8-29(9-11-30)7-1-6-26/h2-5,12-14,28H,1,7-11H2,(H,31,32). The highest BCUT2D eigenvalue weighted by atomic mass is 32.2. The molecular formula is C23H21F2N5O4S. The molecule has 1 saturated heterocycles. The zero-order chi connectivity index (χ0) is 25.2. The number of carboxylic acids is 1. The van der Waals surface area contributed by atoms with E-state index in [1.165, 1.54) is 24.3 Å². The van der Waals surface area contributed by atoms with E-state index in [1.807, 2.05) is 4.90 Å². The van der Waals surface area contributed by atoms with Gasteiger partial charge in [-0.1, -0.05) is 0 Å². The molecular weight excluding hydrogens is 480 g/mol. The molecule has 2 N–H and O–H groups in total. The maximum atomic E-state index is 14.0. The fourth-order valence-corrected chi connectivity index (χ4v) is 5.06. The summed E-state index contributed by atoms with van der Waals surface area (Å²) in [4.78, 5) is 19.8. The molecule has 0 amide bonds. The Bertz CT molecular complexity index is 1430. The van der Waals surface area contributed by atoms with Gasteiger partial charge in [-0.25, -0.2) is 27.0 Å². The number of nitriles is 1. The Morgan fingerprint density at radius 1 is 1.11 bits per heavy atom. The molecule has 0 aliphatic carbocycles. The van der Waals surface area contributed by atoms with Crippen LogP contribution in [0.15, 0.2) is 47.4 Å². The summed E-state index contributed by atoms with van der Waals surface area (Å²) >= 11 is 0. The predicted octanol–water partition coefficient (Wildman–Crippen LogP) is 3.05. The zero-order valence-electron chi connectivity index (χ0n) is 18.4. The van der Waals surface area contributed by atoms with Gasteiger partial charge in [0.25, 0.3) is 10.0 Å². The second-order valence-corrected chi connectivity index (χ2v) is 9.63. The van der Waals surface area contributed by atoms with E-state index in [2.05, 4.69) is 20.7 Å². The molecule has 1 aromatic heterocycles. The average molecular weight is 502 g/mol. The lowest BCUT2D eigenvalue weighted by atomic mass is 10.1. The summed E-state index contributed by atoms with van der Waals surface area (Å²) in [6, 6.07) is 9.77. The van der Waals surface area contributed by atoms with E-state index in [0.29, 0.717) is 62.6 Å². The fraction of sp³-hybridized carbons (Fsp3) is 0.261. The smallest absolute Gasteiger partial charge is 0.336 e. The lowest BCUT2D eigenvalue weighted by Gasteiger charge is -2.35. The molecule has 1 aliphatic rings. The SMILES string of the molecule is N#CCCN1CCN(c2cc(C(=O)O)c3cc(NS(=O)(=O)c4cc(F)ccc4F)ccc3n2)CC1. The van der Waals surface area contributed by atoms with Crippen LogP contribution < -0.4 is 9.62 Å². The summed E-state index contributed by atoms with van der Waals surface area (Å²) in [5, 5.41) is 18.7. The van der Waals surface area contributed by atoms with E-state index < -0.39 is 32.5 Å². The Balaban J connectivity index is 1.63. The van der Waals surface area contributed by atoms with Crippen LogP contribution in [0.2, 0.25) is 0 Å². The monoisotopic (exact) mass is 501 g/mol. The van der Waals surface area contributed by atoms with Gasteiger partial charge < -0.3 is 10.0 Å². The zero-order valence-corrected chi connectivity index (χ0v) is 19.2. The minimum absolute atomic E-state index is 0.0238. The van der Waals surface area contributed by atoms with E-state index in [-0.39, 0.29) is 16.6 Å². The van der Waals surface area contributed by atoms with Gasteiger partial charge in [0, 0.05) is 50.2 Å². The number of benzene rings is 2. The predicted molar refractivity (Wildman–Crippen MR) is 125 cm³/mol. The molecule has 2 heterocycles. The number of hydrogen-bond acceptors (Lipinski definition) is 7. The van der Waals surface area contributed by atoms with Crippen molar-refractivity contribution >= 4 is 38.4 Å². The van der Waals surface area contributed by atoms with Crippen molar-refractivity contribution in [3.05, 3.63) is 59.7 Å². The minimum atomic E-state index is -4.47. The molecule has 0 bridgehead atoms. The number of nitrogens with one attached hydrogen (secondary N) is 1. The van der Waals surface area contributed by atoms with Crippen LogP contribution in [0.3, 0.4) is 0 Å². The molecule has 0 unspecified atom stereocenters. The molecule has 3 aromatic rings. The number of anilines is 2. The van der Waals surface area contributed by atoms with Gasteiger partial charge >= 0.3 is 5.97 Å². The Morgan fingerprint density at radius 3 is 2.54 bits per heavy atom. The lowest BCUT2D eigenvalue weighted by Crippen LogP contribution is -2.46. The van der Waals surface area contributed by atoms with Crippen LogP contribution >= 0.6 is 0 Å². The maximum absolute atomic E-state index is 14.0. The highest BCUT2D eigenvalue weighted by Crippen LogP contribution is 2.28. The van der Waals surface area contributed by atoms with Gasteiger partial charge in [-0.15, -0.1) is 0 Å².